The van der Waals surface area contributed by atoms with Crippen LogP contribution in [0.25, 0.3) is 0 Å². The summed E-state index contributed by atoms with van der Waals surface area (Å²) in [6, 6.07) is 0. The number of aromatic nitrogens is 2. The lowest BCUT2D eigenvalue weighted by molar-refractivity contribution is -0.0380. The molecule has 0 aromatic carbocycles. The molecule has 2 fully saturated rings. The predicted octanol–water partition coefficient (Wildman–Crippen LogP) is 0.0893. The SMILES string of the molecule is Cc1c(CN2CC[C@@]3(CCCN3S(C)(=O)=O)[C@@H](O)C2)cnn1C. The number of sulfonamides is 1. The molecule has 1 aromatic heterocycles. The maximum Gasteiger partial charge on any atom is 0.211 e. The lowest BCUT2D eigenvalue weighted by Gasteiger charge is -2.47. The largest absolute Gasteiger partial charge is 0.390 e. The summed E-state index contributed by atoms with van der Waals surface area (Å²) in [6.07, 6.45) is 4.72. The molecule has 0 amide bonds. The van der Waals surface area contributed by atoms with Crippen LogP contribution in [0.2, 0.25) is 0 Å². The lowest BCUT2D eigenvalue weighted by atomic mass is 9.83. The molecule has 1 aromatic rings. The van der Waals surface area contributed by atoms with Crippen LogP contribution in [-0.2, 0) is 23.6 Å². The van der Waals surface area contributed by atoms with E-state index in [4.69, 9.17) is 0 Å². The molecule has 3 heterocycles. The van der Waals surface area contributed by atoms with Crippen molar-refractivity contribution in [2.75, 3.05) is 25.9 Å². The van der Waals surface area contributed by atoms with Gasteiger partial charge < -0.3 is 5.11 Å². The maximum atomic E-state index is 12.1. The molecule has 1 spiro atoms. The van der Waals surface area contributed by atoms with Crippen LogP contribution in [0.5, 0.6) is 0 Å². The van der Waals surface area contributed by atoms with Gasteiger partial charge in [0.1, 0.15) is 0 Å². The molecule has 0 bridgehead atoms. The van der Waals surface area contributed by atoms with Crippen molar-refractivity contribution in [2.45, 2.75) is 44.4 Å². The maximum absolute atomic E-state index is 12.1. The molecule has 8 heteroatoms. The number of hydrogen-bond donors (Lipinski definition) is 1. The van der Waals surface area contributed by atoms with Gasteiger partial charge in [-0.15, -0.1) is 0 Å². The Balaban J connectivity index is 1.73. The average Bonchev–Trinajstić information content (AvgIpc) is 3.03. The zero-order valence-electron chi connectivity index (χ0n) is 14.1. The number of likely N-dealkylation sites (tertiary alicyclic amines) is 1. The van der Waals surface area contributed by atoms with Crippen LogP contribution in [0, 0.1) is 6.92 Å². The summed E-state index contributed by atoms with van der Waals surface area (Å²) < 4.78 is 27.5. The number of aliphatic hydroxyl groups excluding tert-OH is 1. The molecule has 7 nitrogen and oxygen atoms in total. The average molecular weight is 342 g/mol. The van der Waals surface area contributed by atoms with Crippen molar-refractivity contribution in [3.8, 4) is 0 Å². The fourth-order valence-corrected chi connectivity index (χ4v) is 5.49. The molecule has 0 unspecified atom stereocenters. The highest BCUT2D eigenvalue weighted by Gasteiger charge is 2.52. The number of nitrogens with zero attached hydrogens (tertiary/aromatic N) is 4. The van der Waals surface area contributed by atoms with Crippen LogP contribution in [0.4, 0.5) is 0 Å². The summed E-state index contributed by atoms with van der Waals surface area (Å²) in [4.78, 5) is 2.19. The first-order valence-corrected chi connectivity index (χ1v) is 9.94. The van der Waals surface area contributed by atoms with Crippen molar-refractivity contribution in [3.05, 3.63) is 17.5 Å². The number of piperidine rings is 1. The van der Waals surface area contributed by atoms with Crippen molar-refractivity contribution in [1.29, 1.82) is 0 Å². The van der Waals surface area contributed by atoms with Gasteiger partial charge in [0.2, 0.25) is 10.0 Å². The molecule has 1 N–H and O–H groups in total. The van der Waals surface area contributed by atoms with E-state index in [1.807, 2.05) is 24.9 Å². The van der Waals surface area contributed by atoms with Crippen molar-refractivity contribution in [1.82, 2.24) is 19.0 Å². The van der Waals surface area contributed by atoms with E-state index in [9.17, 15) is 13.5 Å². The molecule has 2 aliphatic heterocycles. The van der Waals surface area contributed by atoms with E-state index in [-0.39, 0.29) is 0 Å². The summed E-state index contributed by atoms with van der Waals surface area (Å²) >= 11 is 0. The van der Waals surface area contributed by atoms with Crippen LogP contribution in [-0.4, -0.2) is 70.0 Å². The number of aliphatic hydroxyl groups is 1. The zero-order chi connectivity index (χ0) is 16.8. The summed E-state index contributed by atoms with van der Waals surface area (Å²) in [5, 5.41) is 15.0. The smallest absolute Gasteiger partial charge is 0.211 e. The molecule has 23 heavy (non-hydrogen) atoms. The summed E-state index contributed by atoms with van der Waals surface area (Å²) in [5.41, 5.74) is 1.68. The van der Waals surface area contributed by atoms with Crippen molar-refractivity contribution >= 4 is 10.0 Å². The van der Waals surface area contributed by atoms with Crippen LogP contribution in [0.15, 0.2) is 6.20 Å². The Bertz CT molecular complexity index is 687. The van der Waals surface area contributed by atoms with Crippen LogP contribution < -0.4 is 0 Å². The molecular formula is C15H26N4O3S. The van der Waals surface area contributed by atoms with Crippen LogP contribution in [0.1, 0.15) is 30.5 Å². The third kappa shape index (κ3) is 2.93. The highest BCUT2D eigenvalue weighted by atomic mass is 32.2. The Morgan fingerprint density at radius 3 is 2.70 bits per heavy atom. The minimum Gasteiger partial charge on any atom is -0.390 e. The normalized spacial score (nSPS) is 30.3. The van der Waals surface area contributed by atoms with E-state index in [0.29, 0.717) is 19.5 Å². The van der Waals surface area contributed by atoms with E-state index in [2.05, 4.69) is 10.00 Å². The van der Waals surface area contributed by atoms with Gasteiger partial charge in [-0.3, -0.25) is 9.58 Å². The lowest BCUT2D eigenvalue weighted by Crippen LogP contribution is -2.62. The first-order chi connectivity index (χ1) is 10.7. The first kappa shape index (κ1) is 16.9. The molecule has 0 aliphatic carbocycles. The number of aryl methyl sites for hydroxylation is 1. The molecule has 0 radical (unpaired) electrons. The quantitative estimate of drug-likeness (QED) is 0.842. The van der Waals surface area contributed by atoms with Crippen molar-refractivity contribution in [3.63, 3.8) is 0 Å². The fourth-order valence-electron chi connectivity index (χ4n) is 4.06. The molecule has 2 atom stereocenters. The van der Waals surface area contributed by atoms with Gasteiger partial charge >= 0.3 is 0 Å². The third-order valence-electron chi connectivity index (χ3n) is 5.51. The number of β-amino-alcohol motifs (C(OH)–C–C–N with tert-alkyl or cyclic N) is 1. The summed E-state index contributed by atoms with van der Waals surface area (Å²) in [6.45, 7) is 4.59. The highest BCUT2D eigenvalue weighted by molar-refractivity contribution is 7.88. The van der Waals surface area contributed by atoms with E-state index in [0.717, 1.165) is 37.2 Å². The van der Waals surface area contributed by atoms with Gasteiger partial charge in [-0.1, -0.05) is 0 Å². The minimum absolute atomic E-state index is 0.500. The third-order valence-corrected chi connectivity index (χ3v) is 6.86. The summed E-state index contributed by atoms with van der Waals surface area (Å²) in [7, 11) is -1.36. The van der Waals surface area contributed by atoms with Gasteiger partial charge in [-0.25, -0.2) is 8.42 Å². The topological polar surface area (TPSA) is 78.7 Å². The van der Waals surface area contributed by atoms with Gasteiger partial charge in [0.25, 0.3) is 0 Å². The second-order valence-electron chi connectivity index (χ2n) is 6.92. The fraction of sp³-hybridized carbons (Fsp3) is 0.800. The van der Waals surface area contributed by atoms with E-state index in [1.165, 1.54) is 10.6 Å². The number of rotatable bonds is 3. The standard InChI is InChI=1S/C15H26N4O3S/c1-12-13(9-16-17(12)2)10-18-8-6-15(14(20)11-18)5-4-7-19(15)23(3,21)22/h9,14,20H,4-8,10-11H2,1-3H3/t14-,15-/m0/s1. The van der Waals surface area contributed by atoms with Crippen LogP contribution >= 0.6 is 0 Å². The van der Waals surface area contributed by atoms with Gasteiger partial charge in [-0.2, -0.15) is 9.40 Å². The van der Waals surface area contributed by atoms with E-state index < -0.39 is 21.7 Å². The molecule has 2 aliphatic rings. The Morgan fingerprint density at radius 1 is 1.39 bits per heavy atom. The Hall–Kier alpha value is -0.960. The zero-order valence-corrected chi connectivity index (χ0v) is 14.9. The van der Waals surface area contributed by atoms with Gasteiger partial charge in [0, 0.05) is 44.5 Å². The van der Waals surface area contributed by atoms with Gasteiger partial charge in [0.05, 0.1) is 24.1 Å². The van der Waals surface area contributed by atoms with Crippen molar-refractivity contribution < 1.29 is 13.5 Å². The molecular weight excluding hydrogens is 316 g/mol. The minimum atomic E-state index is -3.28. The first-order valence-electron chi connectivity index (χ1n) is 8.10. The monoisotopic (exact) mass is 342 g/mol. The number of hydrogen-bond acceptors (Lipinski definition) is 5. The Labute approximate surface area is 137 Å². The van der Waals surface area contributed by atoms with E-state index in [1.54, 1.807) is 0 Å². The Morgan fingerprint density at radius 2 is 2.13 bits per heavy atom. The predicted molar refractivity (Wildman–Crippen MR) is 87.4 cm³/mol. The molecule has 0 saturated carbocycles. The van der Waals surface area contributed by atoms with Gasteiger partial charge in [-0.05, 0) is 26.2 Å². The highest BCUT2D eigenvalue weighted by Crippen LogP contribution is 2.40. The second-order valence-corrected chi connectivity index (χ2v) is 8.83. The summed E-state index contributed by atoms with van der Waals surface area (Å²) in [5.74, 6) is 0. The van der Waals surface area contributed by atoms with E-state index >= 15 is 0 Å². The van der Waals surface area contributed by atoms with Crippen molar-refractivity contribution in [2.24, 2.45) is 7.05 Å². The molecule has 130 valence electrons. The second kappa shape index (κ2) is 5.84. The molecule has 3 rings (SSSR count). The van der Waals surface area contributed by atoms with Gasteiger partial charge in [0.15, 0.2) is 0 Å². The van der Waals surface area contributed by atoms with Crippen LogP contribution in [0.3, 0.4) is 0 Å². The Kier molecular flexibility index (Phi) is 4.29. The molecule has 2 saturated heterocycles.